The molecule has 1 saturated heterocycles. The average molecular weight is 341 g/mol. The van der Waals surface area contributed by atoms with Crippen LogP contribution in [0.5, 0.6) is 0 Å². The molecule has 24 heavy (non-hydrogen) atoms. The lowest BCUT2D eigenvalue weighted by Gasteiger charge is -2.37. The molecule has 0 bridgehead atoms. The molecule has 140 valence electrons. The van der Waals surface area contributed by atoms with Gasteiger partial charge in [-0.25, -0.2) is 0 Å². The summed E-state index contributed by atoms with van der Waals surface area (Å²) < 4.78 is 17.7. The molecule has 3 unspecified atom stereocenters. The van der Waals surface area contributed by atoms with Gasteiger partial charge >= 0.3 is 0 Å². The summed E-state index contributed by atoms with van der Waals surface area (Å²) in [7, 11) is 0. The van der Waals surface area contributed by atoms with E-state index in [1.165, 1.54) is 0 Å². The van der Waals surface area contributed by atoms with Gasteiger partial charge < -0.3 is 19.3 Å². The zero-order chi connectivity index (χ0) is 18.1. The zero-order valence-corrected chi connectivity index (χ0v) is 15.9. The first-order chi connectivity index (χ1) is 11.5. The van der Waals surface area contributed by atoms with E-state index in [9.17, 15) is 5.11 Å². The van der Waals surface area contributed by atoms with Crippen molar-refractivity contribution >= 4 is 0 Å². The van der Waals surface area contributed by atoms with Crippen LogP contribution in [0.3, 0.4) is 0 Å². The van der Waals surface area contributed by atoms with Crippen molar-refractivity contribution < 1.29 is 19.3 Å². The van der Waals surface area contributed by atoms with Crippen molar-refractivity contribution in [2.24, 2.45) is 11.8 Å². The van der Waals surface area contributed by atoms with E-state index in [4.69, 9.17) is 14.2 Å². The van der Waals surface area contributed by atoms with Crippen molar-refractivity contribution in [3.05, 3.63) is 24.7 Å². The molecule has 1 aliphatic rings. The summed E-state index contributed by atoms with van der Waals surface area (Å²) >= 11 is 0. The number of allylic oxidation sites excluding steroid dienone is 2. The Morgan fingerprint density at radius 3 is 2.12 bits per heavy atom. The lowest BCUT2D eigenvalue weighted by atomic mass is 9.99. The molecule has 1 rings (SSSR count). The highest BCUT2D eigenvalue weighted by molar-refractivity contribution is 4.96. The largest absolute Gasteiger partial charge is 0.495 e. The number of aliphatic hydroxyl groups excluding tert-OH is 1. The Hall–Kier alpha value is -1.00. The van der Waals surface area contributed by atoms with Gasteiger partial charge in [0, 0.05) is 24.9 Å². The number of hydrogen-bond donors (Lipinski definition) is 1. The lowest BCUT2D eigenvalue weighted by molar-refractivity contribution is -0.162. The number of hydrogen-bond acceptors (Lipinski definition) is 4. The van der Waals surface area contributed by atoms with Crippen molar-refractivity contribution in [1.29, 1.82) is 0 Å². The van der Waals surface area contributed by atoms with Crippen molar-refractivity contribution in [3.63, 3.8) is 0 Å². The van der Waals surface area contributed by atoms with Gasteiger partial charge in [0.05, 0.1) is 17.6 Å². The van der Waals surface area contributed by atoms with Crippen molar-refractivity contribution in [2.45, 2.75) is 78.1 Å². The zero-order valence-electron chi connectivity index (χ0n) is 15.9. The normalized spacial score (nSPS) is 24.2. The maximum Gasteiger partial charge on any atom is 0.153 e. The monoisotopic (exact) mass is 340 g/mol. The van der Waals surface area contributed by atoms with Crippen LogP contribution < -0.4 is 0 Å². The molecule has 4 heteroatoms. The molecule has 0 spiro atoms. The number of aliphatic hydroxyl groups is 1. The Morgan fingerprint density at radius 2 is 1.58 bits per heavy atom. The third kappa shape index (κ3) is 5.82. The third-order valence-corrected chi connectivity index (χ3v) is 5.09. The Morgan fingerprint density at radius 1 is 1.04 bits per heavy atom. The van der Waals surface area contributed by atoms with Crippen LogP contribution in [-0.2, 0) is 14.2 Å². The first-order valence-corrected chi connectivity index (χ1v) is 9.44. The third-order valence-electron chi connectivity index (χ3n) is 5.09. The molecule has 0 aromatic carbocycles. The van der Waals surface area contributed by atoms with Crippen LogP contribution in [-0.4, -0.2) is 36.6 Å². The van der Waals surface area contributed by atoms with Gasteiger partial charge in [-0.15, -0.1) is 0 Å². The molecule has 1 aliphatic heterocycles. The lowest BCUT2D eigenvalue weighted by Crippen LogP contribution is -2.48. The summed E-state index contributed by atoms with van der Waals surface area (Å²) in [5.41, 5.74) is 0. The standard InChI is InChI=1S/C20H36O4/c1-7-16(8-2)14(5)23-13-19-20(18(21)11-12-22-19)24-15(6)17(9-3)10-4/h16-21H,5-13H2,1-4H3. The smallest absolute Gasteiger partial charge is 0.153 e. The van der Waals surface area contributed by atoms with E-state index in [2.05, 4.69) is 40.9 Å². The molecule has 1 N–H and O–H groups in total. The van der Waals surface area contributed by atoms with E-state index in [0.29, 0.717) is 31.5 Å². The molecular formula is C20H36O4. The molecule has 0 radical (unpaired) electrons. The molecule has 4 nitrogen and oxygen atoms in total. The highest BCUT2D eigenvalue weighted by Crippen LogP contribution is 2.27. The minimum absolute atomic E-state index is 0.300. The van der Waals surface area contributed by atoms with Gasteiger partial charge in [-0.2, -0.15) is 0 Å². The van der Waals surface area contributed by atoms with Gasteiger partial charge in [-0.05, 0) is 25.7 Å². The summed E-state index contributed by atoms with van der Waals surface area (Å²) in [6.45, 7) is 17.5. The van der Waals surface area contributed by atoms with E-state index < -0.39 is 12.2 Å². The molecule has 0 saturated carbocycles. The number of rotatable bonds is 11. The maximum absolute atomic E-state index is 10.4. The molecule has 1 heterocycles. The van der Waals surface area contributed by atoms with Crippen LogP contribution in [0.2, 0.25) is 0 Å². The van der Waals surface area contributed by atoms with E-state index in [1.807, 2.05) is 0 Å². The molecule has 0 amide bonds. The van der Waals surface area contributed by atoms with Crippen LogP contribution in [0, 0.1) is 11.8 Å². The van der Waals surface area contributed by atoms with E-state index in [1.54, 1.807) is 0 Å². The van der Waals surface area contributed by atoms with Crippen molar-refractivity contribution in [1.82, 2.24) is 0 Å². The van der Waals surface area contributed by atoms with Crippen LogP contribution in [0.1, 0.15) is 59.8 Å². The Bertz CT molecular complexity index is 385. The summed E-state index contributed by atoms with van der Waals surface area (Å²) in [4.78, 5) is 0. The highest BCUT2D eigenvalue weighted by Gasteiger charge is 2.36. The van der Waals surface area contributed by atoms with Crippen molar-refractivity contribution in [3.8, 4) is 0 Å². The maximum atomic E-state index is 10.4. The topological polar surface area (TPSA) is 47.9 Å². The fraction of sp³-hybridized carbons (Fsp3) is 0.800. The van der Waals surface area contributed by atoms with E-state index in [0.717, 1.165) is 37.2 Å². The molecular weight excluding hydrogens is 304 g/mol. The van der Waals surface area contributed by atoms with Gasteiger partial charge in [0.1, 0.15) is 12.7 Å². The van der Waals surface area contributed by atoms with Crippen LogP contribution in [0.4, 0.5) is 0 Å². The van der Waals surface area contributed by atoms with Crippen LogP contribution in [0.15, 0.2) is 24.7 Å². The van der Waals surface area contributed by atoms with Crippen LogP contribution in [0.25, 0.3) is 0 Å². The molecule has 0 aliphatic carbocycles. The Kier molecular flexibility index (Phi) is 9.45. The molecule has 0 aromatic heterocycles. The molecule has 3 atom stereocenters. The second-order valence-corrected chi connectivity index (χ2v) is 6.62. The Balaban J connectivity index is 2.65. The Labute approximate surface area is 147 Å². The summed E-state index contributed by atoms with van der Waals surface area (Å²) in [6, 6.07) is 0. The summed E-state index contributed by atoms with van der Waals surface area (Å²) in [5, 5.41) is 10.4. The number of ether oxygens (including phenoxy) is 3. The first kappa shape index (κ1) is 21.0. The first-order valence-electron chi connectivity index (χ1n) is 9.44. The van der Waals surface area contributed by atoms with E-state index >= 15 is 0 Å². The fourth-order valence-corrected chi connectivity index (χ4v) is 3.21. The highest BCUT2D eigenvalue weighted by atomic mass is 16.6. The van der Waals surface area contributed by atoms with Gasteiger partial charge in [-0.1, -0.05) is 40.9 Å². The summed E-state index contributed by atoms with van der Waals surface area (Å²) in [6.07, 6.45) is 3.26. The van der Waals surface area contributed by atoms with E-state index in [-0.39, 0.29) is 6.10 Å². The van der Waals surface area contributed by atoms with Gasteiger partial charge in [0.25, 0.3) is 0 Å². The fourth-order valence-electron chi connectivity index (χ4n) is 3.21. The quantitative estimate of drug-likeness (QED) is 0.565. The minimum atomic E-state index is -0.556. The van der Waals surface area contributed by atoms with Crippen molar-refractivity contribution in [2.75, 3.05) is 13.2 Å². The predicted octanol–water partition coefficient (Wildman–Crippen LogP) is 4.44. The van der Waals surface area contributed by atoms with Gasteiger partial charge in [0.15, 0.2) is 6.10 Å². The summed E-state index contributed by atoms with van der Waals surface area (Å²) in [5.74, 6) is 2.19. The molecule has 1 fully saturated rings. The minimum Gasteiger partial charge on any atom is -0.495 e. The second kappa shape index (κ2) is 10.8. The van der Waals surface area contributed by atoms with Crippen LogP contribution >= 0.6 is 0 Å². The second-order valence-electron chi connectivity index (χ2n) is 6.62. The molecule has 0 aromatic rings. The van der Waals surface area contributed by atoms with Gasteiger partial charge in [0.2, 0.25) is 0 Å². The van der Waals surface area contributed by atoms with Gasteiger partial charge in [-0.3, -0.25) is 0 Å². The predicted molar refractivity (Wildman–Crippen MR) is 97.6 cm³/mol. The average Bonchev–Trinajstić information content (AvgIpc) is 2.57. The SMILES string of the molecule is C=C(OCC1OCCC(O)C1OC(=C)C(CC)CC)C(CC)CC.